The molecule has 1 amide bonds. The Balaban J connectivity index is 2.79. The van der Waals surface area contributed by atoms with Gasteiger partial charge in [0.2, 0.25) is 0 Å². The highest BCUT2D eigenvalue weighted by molar-refractivity contribution is 5.97. The minimum atomic E-state index is -0.792. The van der Waals surface area contributed by atoms with E-state index < -0.39 is 5.60 Å². The van der Waals surface area contributed by atoms with Crippen LogP contribution in [0.15, 0.2) is 18.2 Å². The molecule has 0 heterocycles. The summed E-state index contributed by atoms with van der Waals surface area (Å²) in [5.74, 6) is 0.742. The van der Waals surface area contributed by atoms with Gasteiger partial charge < -0.3 is 14.8 Å². The number of aryl methyl sites for hydroxylation is 1. The first-order valence-corrected chi connectivity index (χ1v) is 7.65. The van der Waals surface area contributed by atoms with Gasteiger partial charge in [0.15, 0.2) is 0 Å². The summed E-state index contributed by atoms with van der Waals surface area (Å²) >= 11 is 0. The molecular weight excluding hydrogens is 266 g/mol. The van der Waals surface area contributed by atoms with Crippen LogP contribution >= 0.6 is 0 Å². The molecule has 0 aromatic heterocycles. The maximum Gasteiger partial charge on any atom is 0.256 e. The Kier molecular flexibility index (Phi) is 6.69. The summed E-state index contributed by atoms with van der Waals surface area (Å²) in [7, 11) is 0. The van der Waals surface area contributed by atoms with Crippen molar-refractivity contribution in [3.05, 3.63) is 23.8 Å². The smallest absolute Gasteiger partial charge is 0.256 e. The zero-order valence-electron chi connectivity index (χ0n) is 13.8. The van der Waals surface area contributed by atoms with Gasteiger partial charge in [-0.3, -0.25) is 4.79 Å². The Hall–Kier alpha value is -1.55. The highest BCUT2D eigenvalue weighted by Gasteiger charge is 2.31. The zero-order chi connectivity index (χ0) is 15.9. The first kappa shape index (κ1) is 17.5. The van der Waals surface area contributed by atoms with Gasteiger partial charge in [-0.05, 0) is 57.4 Å². The maximum atomic E-state index is 12.4. The summed E-state index contributed by atoms with van der Waals surface area (Å²) in [5, 5.41) is 2.92. The lowest BCUT2D eigenvalue weighted by Crippen LogP contribution is -2.42. The van der Waals surface area contributed by atoms with E-state index in [1.54, 1.807) is 0 Å². The number of carbonyl (C=O) groups excluding carboxylic acids is 1. The molecule has 1 aromatic rings. The van der Waals surface area contributed by atoms with Crippen molar-refractivity contribution in [1.29, 1.82) is 0 Å². The predicted octanol–water partition coefficient (Wildman–Crippen LogP) is 3.93. The minimum absolute atomic E-state index is 0.117. The zero-order valence-corrected chi connectivity index (χ0v) is 13.8. The van der Waals surface area contributed by atoms with E-state index in [0.717, 1.165) is 23.4 Å². The van der Waals surface area contributed by atoms with Crippen LogP contribution in [0.1, 0.15) is 46.1 Å². The van der Waals surface area contributed by atoms with Crippen LogP contribution in [-0.4, -0.2) is 24.7 Å². The monoisotopic (exact) mass is 293 g/mol. The normalized spacial score (nSPS) is 13.6. The fourth-order valence-corrected chi connectivity index (χ4v) is 2.01. The van der Waals surface area contributed by atoms with Gasteiger partial charge in [-0.25, -0.2) is 0 Å². The molecule has 4 nitrogen and oxygen atoms in total. The van der Waals surface area contributed by atoms with Gasteiger partial charge in [0, 0.05) is 12.3 Å². The summed E-state index contributed by atoms with van der Waals surface area (Å²) in [4.78, 5) is 12.4. The Labute approximate surface area is 127 Å². The van der Waals surface area contributed by atoms with E-state index >= 15 is 0 Å². The van der Waals surface area contributed by atoms with Crippen LogP contribution < -0.4 is 10.1 Å². The summed E-state index contributed by atoms with van der Waals surface area (Å²) < 4.78 is 11.2. The molecule has 4 heteroatoms. The fourth-order valence-electron chi connectivity index (χ4n) is 2.01. The van der Waals surface area contributed by atoms with Crippen molar-refractivity contribution in [3.63, 3.8) is 0 Å². The fraction of sp³-hybridized carbons (Fsp3) is 0.588. The van der Waals surface area contributed by atoms with Gasteiger partial charge in [-0.1, -0.05) is 13.8 Å². The molecule has 0 bridgehead atoms. The van der Waals surface area contributed by atoms with E-state index in [-0.39, 0.29) is 5.91 Å². The van der Waals surface area contributed by atoms with Crippen molar-refractivity contribution in [2.45, 2.75) is 53.1 Å². The second-order valence-electron chi connectivity index (χ2n) is 5.30. The van der Waals surface area contributed by atoms with Gasteiger partial charge in [0.05, 0.1) is 6.61 Å². The van der Waals surface area contributed by atoms with E-state index in [1.807, 2.05) is 45.9 Å². The molecule has 0 saturated carbocycles. The largest absolute Gasteiger partial charge is 0.493 e. The third-order valence-corrected chi connectivity index (χ3v) is 3.51. The molecule has 0 aliphatic heterocycles. The molecule has 21 heavy (non-hydrogen) atoms. The highest BCUT2D eigenvalue weighted by Crippen LogP contribution is 2.24. The molecule has 118 valence electrons. The van der Waals surface area contributed by atoms with Crippen LogP contribution in [0.5, 0.6) is 5.75 Å². The number of rotatable bonds is 8. The molecule has 0 aliphatic rings. The number of hydrogen-bond donors (Lipinski definition) is 1. The van der Waals surface area contributed by atoms with Crippen molar-refractivity contribution in [1.82, 2.24) is 0 Å². The Morgan fingerprint density at radius 2 is 2.00 bits per heavy atom. The first-order valence-electron chi connectivity index (χ1n) is 7.65. The van der Waals surface area contributed by atoms with Crippen LogP contribution in [0.4, 0.5) is 5.69 Å². The number of ether oxygens (including phenoxy) is 2. The van der Waals surface area contributed by atoms with Crippen molar-refractivity contribution in [2.24, 2.45) is 0 Å². The van der Waals surface area contributed by atoms with Gasteiger partial charge in [0.1, 0.15) is 11.4 Å². The van der Waals surface area contributed by atoms with E-state index in [0.29, 0.717) is 19.6 Å². The molecule has 0 fully saturated rings. The number of benzene rings is 1. The lowest BCUT2D eigenvalue weighted by Gasteiger charge is -2.26. The van der Waals surface area contributed by atoms with Crippen molar-refractivity contribution in [2.75, 3.05) is 18.5 Å². The molecule has 1 aromatic carbocycles. The Morgan fingerprint density at radius 1 is 1.29 bits per heavy atom. The first-order chi connectivity index (χ1) is 9.96. The van der Waals surface area contributed by atoms with Crippen molar-refractivity contribution in [3.8, 4) is 5.75 Å². The summed E-state index contributed by atoms with van der Waals surface area (Å²) in [5.41, 5.74) is 0.983. The van der Waals surface area contributed by atoms with Crippen LogP contribution in [0.3, 0.4) is 0 Å². The second-order valence-corrected chi connectivity index (χ2v) is 5.30. The lowest BCUT2D eigenvalue weighted by molar-refractivity contribution is -0.139. The lowest BCUT2D eigenvalue weighted by atomic mass is 10.0. The Morgan fingerprint density at radius 3 is 2.52 bits per heavy atom. The third-order valence-electron chi connectivity index (χ3n) is 3.51. The van der Waals surface area contributed by atoms with Gasteiger partial charge in [-0.15, -0.1) is 0 Å². The minimum Gasteiger partial charge on any atom is -0.493 e. The van der Waals surface area contributed by atoms with Gasteiger partial charge in [0.25, 0.3) is 5.91 Å². The van der Waals surface area contributed by atoms with E-state index in [2.05, 4.69) is 12.2 Å². The quantitative estimate of drug-likeness (QED) is 0.790. The molecule has 0 radical (unpaired) electrons. The summed E-state index contributed by atoms with van der Waals surface area (Å²) in [6, 6.07) is 5.67. The van der Waals surface area contributed by atoms with Crippen LogP contribution in [0.2, 0.25) is 0 Å². The standard InChI is InChI=1S/C17H27NO3/c1-6-11-20-15-10-9-14(12-13(15)4)18-16(19)17(5,7-2)21-8-3/h9-10,12H,6-8,11H2,1-5H3,(H,18,19). The topological polar surface area (TPSA) is 47.6 Å². The summed E-state index contributed by atoms with van der Waals surface area (Å²) in [6.45, 7) is 10.9. The van der Waals surface area contributed by atoms with Crippen molar-refractivity contribution >= 4 is 11.6 Å². The molecule has 1 atom stereocenters. The van der Waals surface area contributed by atoms with Gasteiger partial charge in [-0.2, -0.15) is 0 Å². The molecule has 0 saturated heterocycles. The van der Waals surface area contributed by atoms with Gasteiger partial charge >= 0.3 is 0 Å². The molecule has 0 spiro atoms. The second kappa shape index (κ2) is 8.03. The van der Waals surface area contributed by atoms with Crippen LogP contribution in [-0.2, 0) is 9.53 Å². The predicted molar refractivity (Wildman–Crippen MR) is 85.9 cm³/mol. The molecular formula is C17H27NO3. The SMILES string of the molecule is CCCOc1ccc(NC(=O)C(C)(CC)OCC)cc1C. The number of anilines is 1. The molecule has 1 rings (SSSR count). The average molecular weight is 293 g/mol. The van der Waals surface area contributed by atoms with Crippen LogP contribution in [0.25, 0.3) is 0 Å². The third kappa shape index (κ3) is 4.74. The number of hydrogen-bond acceptors (Lipinski definition) is 3. The maximum absolute atomic E-state index is 12.4. The molecule has 1 N–H and O–H groups in total. The summed E-state index contributed by atoms with van der Waals surface area (Å²) in [6.07, 6.45) is 1.60. The number of nitrogens with one attached hydrogen (secondary N) is 1. The van der Waals surface area contributed by atoms with Crippen molar-refractivity contribution < 1.29 is 14.3 Å². The number of carbonyl (C=O) groups is 1. The average Bonchev–Trinajstić information content (AvgIpc) is 2.46. The van der Waals surface area contributed by atoms with E-state index in [1.165, 1.54) is 0 Å². The molecule has 0 aliphatic carbocycles. The van der Waals surface area contributed by atoms with E-state index in [4.69, 9.17) is 9.47 Å². The van der Waals surface area contributed by atoms with E-state index in [9.17, 15) is 4.79 Å². The number of amides is 1. The molecule has 1 unspecified atom stereocenters. The van der Waals surface area contributed by atoms with Crippen LogP contribution in [0, 0.1) is 6.92 Å². The Bertz CT molecular complexity index is 473. The highest BCUT2D eigenvalue weighted by atomic mass is 16.5.